The molecule has 0 heterocycles. The highest BCUT2D eigenvalue weighted by Crippen LogP contribution is 2.15. The van der Waals surface area contributed by atoms with E-state index < -0.39 is 0 Å². The Balaban J connectivity index is 2.27. The van der Waals surface area contributed by atoms with Gasteiger partial charge >= 0.3 is 0 Å². The topological polar surface area (TPSA) is 21.3 Å². The normalized spacial score (nSPS) is 12.7. The Bertz CT molecular complexity index is 345. The van der Waals surface area contributed by atoms with Crippen LogP contribution in [-0.4, -0.2) is 19.2 Å². The van der Waals surface area contributed by atoms with Crippen molar-refractivity contribution in [1.82, 2.24) is 5.32 Å². The summed E-state index contributed by atoms with van der Waals surface area (Å²) in [7, 11) is 0. The molecule has 0 aliphatic heterocycles. The van der Waals surface area contributed by atoms with Crippen LogP contribution in [0.5, 0.6) is 5.75 Å². The van der Waals surface area contributed by atoms with E-state index in [2.05, 4.69) is 57.3 Å². The molecule has 0 radical (unpaired) electrons. The Hall–Kier alpha value is -1.02. The summed E-state index contributed by atoms with van der Waals surface area (Å²) in [5.74, 6) is 1.69. The molecule has 2 heteroatoms. The number of ether oxygens (including phenoxy) is 1. The van der Waals surface area contributed by atoms with E-state index in [1.165, 1.54) is 18.4 Å². The molecule has 0 saturated carbocycles. The molecule has 0 aliphatic rings. The van der Waals surface area contributed by atoms with Crippen molar-refractivity contribution >= 4 is 0 Å². The first-order valence-electron chi connectivity index (χ1n) is 8.07. The van der Waals surface area contributed by atoms with Crippen LogP contribution in [0.4, 0.5) is 0 Å². The molecule has 0 aliphatic carbocycles. The van der Waals surface area contributed by atoms with Crippen molar-refractivity contribution in [3.05, 3.63) is 29.8 Å². The monoisotopic (exact) mass is 277 g/mol. The fraction of sp³-hybridized carbons (Fsp3) is 0.667. The van der Waals surface area contributed by atoms with Crippen molar-refractivity contribution in [3.63, 3.8) is 0 Å². The van der Waals surface area contributed by atoms with Crippen LogP contribution in [0.25, 0.3) is 0 Å². The van der Waals surface area contributed by atoms with Gasteiger partial charge in [0.2, 0.25) is 0 Å². The van der Waals surface area contributed by atoms with E-state index in [-0.39, 0.29) is 0 Å². The maximum Gasteiger partial charge on any atom is 0.119 e. The first-order valence-corrected chi connectivity index (χ1v) is 8.07. The molecule has 0 saturated heterocycles. The molecule has 1 aromatic rings. The molecule has 0 aromatic heterocycles. The van der Waals surface area contributed by atoms with Crippen molar-refractivity contribution in [2.45, 2.75) is 59.4 Å². The second kappa shape index (κ2) is 9.82. The summed E-state index contributed by atoms with van der Waals surface area (Å²) >= 11 is 0. The van der Waals surface area contributed by atoms with Gasteiger partial charge in [-0.05, 0) is 62.8 Å². The summed E-state index contributed by atoms with van der Waals surface area (Å²) < 4.78 is 5.74. The summed E-state index contributed by atoms with van der Waals surface area (Å²) in [6, 6.07) is 9.17. The average Bonchev–Trinajstić information content (AvgIpc) is 2.44. The molecule has 114 valence electrons. The van der Waals surface area contributed by atoms with Crippen molar-refractivity contribution in [2.24, 2.45) is 5.92 Å². The number of aryl methyl sites for hydroxylation is 1. The van der Waals surface area contributed by atoms with Crippen LogP contribution in [0.3, 0.4) is 0 Å². The largest absolute Gasteiger partial charge is 0.494 e. The third kappa shape index (κ3) is 7.54. The van der Waals surface area contributed by atoms with Gasteiger partial charge < -0.3 is 10.1 Å². The molecule has 1 unspecified atom stereocenters. The van der Waals surface area contributed by atoms with Crippen LogP contribution in [0.2, 0.25) is 0 Å². The molecule has 20 heavy (non-hydrogen) atoms. The van der Waals surface area contributed by atoms with Gasteiger partial charge in [0.25, 0.3) is 0 Å². The number of benzene rings is 1. The molecule has 1 rings (SSSR count). The second-order valence-corrected chi connectivity index (χ2v) is 6.07. The van der Waals surface area contributed by atoms with Gasteiger partial charge in [0, 0.05) is 6.04 Å². The quantitative estimate of drug-likeness (QED) is 0.683. The first-order chi connectivity index (χ1) is 9.61. The van der Waals surface area contributed by atoms with Gasteiger partial charge in [0.15, 0.2) is 0 Å². The predicted octanol–water partition coefficient (Wildman–Crippen LogP) is 4.43. The van der Waals surface area contributed by atoms with Crippen LogP contribution < -0.4 is 10.1 Å². The average molecular weight is 277 g/mol. The highest BCUT2D eigenvalue weighted by atomic mass is 16.5. The highest BCUT2D eigenvalue weighted by Gasteiger charge is 2.02. The van der Waals surface area contributed by atoms with Gasteiger partial charge in [0.1, 0.15) is 5.75 Å². The van der Waals surface area contributed by atoms with Crippen LogP contribution in [-0.2, 0) is 6.42 Å². The smallest absolute Gasteiger partial charge is 0.119 e. The molecule has 2 nitrogen and oxygen atoms in total. The maximum atomic E-state index is 5.74. The Morgan fingerprint density at radius 1 is 1.05 bits per heavy atom. The lowest BCUT2D eigenvalue weighted by atomic mass is 10.1. The minimum Gasteiger partial charge on any atom is -0.494 e. The molecule has 1 atom stereocenters. The number of rotatable bonds is 10. The highest BCUT2D eigenvalue weighted by molar-refractivity contribution is 5.27. The van der Waals surface area contributed by atoms with Crippen molar-refractivity contribution in [3.8, 4) is 5.75 Å². The molecule has 1 N–H and O–H groups in total. The van der Waals surface area contributed by atoms with Crippen LogP contribution >= 0.6 is 0 Å². The van der Waals surface area contributed by atoms with E-state index in [1.54, 1.807) is 0 Å². The summed E-state index contributed by atoms with van der Waals surface area (Å²) in [5.41, 5.74) is 1.39. The lowest BCUT2D eigenvalue weighted by Crippen LogP contribution is -2.27. The fourth-order valence-corrected chi connectivity index (χ4v) is 2.04. The van der Waals surface area contributed by atoms with Gasteiger partial charge in [-0.1, -0.05) is 32.9 Å². The molecular formula is C18H31NO. The van der Waals surface area contributed by atoms with E-state index in [0.29, 0.717) is 12.0 Å². The Kier molecular flexibility index (Phi) is 8.36. The van der Waals surface area contributed by atoms with Crippen LogP contribution in [0.15, 0.2) is 24.3 Å². The van der Waals surface area contributed by atoms with Gasteiger partial charge in [-0.15, -0.1) is 0 Å². The van der Waals surface area contributed by atoms with Crippen LogP contribution in [0, 0.1) is 5.92 Å². The minimum absolute atomic E-state index is 0.594. The third-order valence-electron chi connectivity index (χ3n) is 3.50. The van der Waals surface area contributed by atoms with Crippen molar-refractivity contribution in [2.75, 3.05) is 13.2 Å². The maximum absolute atomic E-state index is 5.74. The molecule has 0 fully saturated rings. The standard InChI is InChI=1S/C18H31NO/c1-5-13-19-16(4)6-7-17-8-10-18(11-9-17)20-14-12-15(2)3/h8-11,15-16,19H,5-7,12-14H2,1-4H3. The molecule has 0 bridgehead atoms. The van der Waals surface area contributed by atoms with E-state index in [0.717, 1.165) is 31.7 Å². The second-order valence-electron chi connectivity index (χ2n) is 6.07. The zero-order chi connectivity index (χ0) is 14.8. The van der Waals surface area contributed by atoms with E-state index in [9.17, 15) is 0 Å². The summed E-state index contributed by atoms with van der Waals surface area (Å²) in [6.45, 7) is 10.8. The minimum atomic E-state index is 0.594. The molecule has 0 spiro atoms. The molecule has 0 amide bonds. The van der Waals surface area contributed by atoms with Gasteiger partial charge in [-0.25, -0.2) is 0 Å². The summed E-state index contributed by atoms with van der Waals surface area (Å²) in [4.78, 5) is 0. The zero-order valence-corrected chi connectivity index (χ0v) is 13.6. The Labute approximate surface area is 124 Å². The lowest BCUT2D eigenvalue weighted by molar-refractivity contribution is 0.289. The van der Waals surface area contributed by atoms with Gasteiger partial charge in [0.05, 0.1) is 6.61 Å². The Morgan fingerprint density at radius 3 is 2.35 bits per heavy atom. The van der Waals surface area contributed by atoms with Crippen LogP contribution in [0.1, 0.15) is 52.5 Å². The van der Waals surface area contributed by atoms with E-state index in [1.807, 2.05) is 0 Å². The van der Waals surface area contributed by atoms with Crippen molar-refractivity contribution < 1.29 is 4.74 Å². The first kappa shape index (κ1) is 17.0. The SMILES string of the molecule is CCCNC(C)CCc1ccc(OCCC(C)C)cc1. The number of nitrogens with one attached hydrogen (secondary N) is 1. The van der Waals surface area contributed by atoms with Gasteiger partial charge in [-0.2, -0.15) is 0 Å². The van der Waals surface area contributed by atoms with E-state index >= 15 is 0 Å². The van der Waals surface area contributed by atoms with E-state index in [4.69, 9.17) is 4.74 Å². The summed E-state index contributed by atoms with van der Waals surface area (Å²) in [5, 5.41) is 3.53. The fourth-order valence-electron chi connectivity index (χ4n) is 2.04. The molecular weight excluding hydrogens is 246 g/mol. The predicted molar refractivity (Wildman–Crippen MR) is 87.5 cm³/mol. The van der Waals surface area contributed by atoms with Crippen molar-refractivity contribution in [1.29, 1.82) is 0 Å². The lowest BCUT2D eigenvalue weighted by Gasteiger charge is -2.13. The molecule has 1 aromatic carbocycles. The number of hydrogen-bond acceptors (Lipinski definition) is 2. The third-order valence-corrected chi connectivity index (χ3v) is 3.50. The zero-order valence-electron chi connectivity index (χ0n) is 13.6. The van der Waals surface area contributed by atoms with Gasteiger partial charge in [-0.3, -0.25) is 0 Å². The summed E-state index contributed by atoms with van der Waals surface area (Å²) in [6.07, 6.45) is 4.63. The Morgan fingerprint density at radius 2 is 1.75 bits per heavy atom. The number of hydrogen-bond donors (Lipinski definition) is 1.